The first kappa shape index (κ1) is 10.2. The molecule has 0 unspecified atom stereocenters. The molecule has 16 heavy (non-hydrogen) atoms. The summed E-state index contributed by atoms with van der Waals surface area (Å²) in [5.41, 5.74) is 1.48. The van der Waals surface area contributed by atoms with Gasteiger partial charge in [0, 0.05) is 17.1 Å². The van der Waals surface area contributed by atoms with Gasteiger partial charge in [-0.05, 0) is 23.8 Å². The van der Waals surface area contributed by atoms with E-state index in [2.05, 4.69) is 4.98 Å². The molecule has 5 heteroatoms. The second-order valence-corrected chi connectivity index (χ2v) is 3.45. The molecule has 0 aliphatic carbocycles. The van der Waals surface area contributed by atoms with Crippen molar-refractivity contribution in [2.24, 2.45) is 0 Å². The topological polar surface area (TPSA) is 90.4 Å². The second kappa shape index (κ2) is 3.69. The van der Waals surface area contributed by atoms with Crippen LogP contribution < -0.4 is 0 Å². The van der Waals surface area contributed by atoms with Crippen LogP contribution in [-0.4, -0.2) is 27.1 Å². The number of carboxylic acids is 2. The van der Waals surface area contributed by atoms with Crippen molar-refractivity contribution in [3.63, 3.8) is 0 Å². The maximum atomic E-state index is 10.8. The van der Waals surface area contributed by atoms with Gasteiger partial charge >= 0.3 is 11.9 Å². The molecule has 5 nitrogen and oxygen atoms in total. The van der Waals surface area contributed by atoms with E-state index in [4.69, 9.17) is 10.2 Å². The van der Waals surface area contributed by atoms with Gasteiger partial charge in [0.25, 0.3) is 0 Å². The summed E-state index contributed by atoms with van der Waals surface area (Å²) < 4.78 is 0. The van der Waals surface area contributed by atoms with Crippen molar-refractivity contribution in [2.45, 2.75) is 6.42 Å². The summed E-state index contributed by atoms with van der Waals surface area (Å²) in [7, 11) is 0. The van der Waals surface area contributed by atoms with Crippen molar-refractivity contribution in [2.75, 3.05) is 0 Å². The monoisotopic (exact) mass is 219 g/mol. The van der Waals surface area contributed by atoms with E-state index < -0.39 is 11.9 Å². The van der Waals surface area contributed by atoms with Crippen molar-refractivity contribution in [3.05, 3.63) is 35.5 Å². The lowest BCUT2D eigenvalue weighted by molar-refractivity contribution is -0.136. The first-order chi connectivity index (χ1) is 7.58. The van der Waals surface area contributed by atoms with E-state index in [1.54, 1.807) is 12.3 Å². The molecule has 1 aromatic heterocycles. The van der Waals surface area contributed by atoms with Crippen LogP contribution in [0, 0.1) is 0 Å². The lowest BCUT2D eigenvalue weighted by Crippen LogP contribution is -1.99. The minimum Gasteiger partial charge on any atom is -0.481 e. The first-order valence-corrected chi connectivity index (χ1v) is 4.63. The molecule has 0 saturated carbocycles. The Hall–Kier alpha value is -2.30. The molecule has 1 aromatic carbocycles. The number of aromatic carboxylic acids is 1. The van der Waals surface area contributed by atoms with Gasteiger partial charge in [-0.3, -0.25) is 4.79 Å². The minimum atomic E-state index is -1.02. The Morgan fingerprint density at radius 1 is 1.25 bits per heavy atom. The van der Waals surface area contributed by atoms with Crippen LogP contribution in [0.15, 0.2) is 24.4 Å². The Bertz CT molecular complexity index is 570. The lowest BCUT2D eigenvalue weighted by atomic mass is 10.1. The van der Waals surface area contributed by atoms with E-state index in [-0.39, 0.29) is 12.0 Å². The Morgan fingerprint density at radius 2 is 2.00 bits per heavy atom. The summed E-state index contributed by atoms with van der Waals surface area (Å²) in [6.07, 6.45) is 1.47. The van der Waals surface area contributed by atoms with Crippen molar-refractivity contribution in [3.8, 4) is 0 Å². The number of H-pyrrole nitrogens is 1. The number of aromatic nitrogens is 1. The summed E-state index contributed by atoms with van der Waals surface area (Å²) >= 11 is 0. The van der Waals surface area contributed by atoms with Crippen LogP contribution in [0.4, 0.5) is 0 Å². The molecular weight excluding hydrogens is 210 g/mol. The van der Waals surface area contributed by atoms with Gasteiger partial charge in [0.1, 0.15) is 0 Å². The molecule has 0 amide bonds. The number of fused-ring (bicyclic) bond motifs is 1. The molecule has 0 atom stereocenters. The summed E-state index contributed by atoms with van der Waals surface area (Å²) in [5.74, 6) is -1.97. The van der Waals surface area contributed by atoms with Gasteiger partial charge in [-0.25, -0.2) is 4.79 Å². The number of nitrogens with one attached hydrogen (secondary N) is 1. The van der Waals surface area contributed by atoms with Crippen LogP contribution in [-0.2, 0) is 11.2 Å². The molecule has 0 saturated heterocycles. The molecule has 0 fully saturated rings. The number of carboxylic acid groups (broad SMARTS) is 2. The van der Waals surface area contributed by atoms with Crippen molar-refractivity contribution < 1.29 is 19.8 Å². The van der Waals surface area contributed by atoms with Crippen LogP contribution in [0.2, 0.25) is 0 Å². The fraction of sp³-hybridized carbons (Fsp3) is 0.0909. The van der Waals surface area contributed by atoms with E-state index in [0.717, 1.165) is 5.52 Å². The van der Waals surface area contributed by atoms with Gasteiger partial charge in [-0.15, -0.1) is 0 Å². The highest BCUT2D eigenvalue weighted by Crippen LogP contribution is 2.20. The van der Waals surface area contributed by atoms with Crippen molar-refractivity contribution in [1.29, 1.82) is 0 Å². The average molecular weight is 219 g/mol. The third-order valence-corrected chi connectivity index (χ3v) is 2.36. The minimum absolute atomic E-state index is 0.122. The molecule has 2 aromatic rings. The summed E-state index contributed by atoms with van der Waals surface area (Å²) in [5, 5.41) is 18.2. The fourth-order valence-corrected chi connectivity index (χ4v) is 1.62. The Balaban J connectivity index is 2.55. The van der Waals surface area contributed by atoms with E-state index in [0.29, 0.717) is 10.9 Å². The maximum Gasteiger partial charge on any atom is 0.335 e. The van der Waals surface area contributed by atoms with Crippen molar-refractivity contribution in [1.82, 2.24) is 4.98 Å². The quantitative estimate of drug-likeness (QED) is 0.729. The highest BCUT2D eigenvalue weighted by Gasteiger charge is 2.10. The second-order valence-electron chi connectivity index (χ2n) is 3.45. The van der Waals surface area contributed by atoms with Gasteiger partial charge in [-0.2, -0.15) is 0 Å². The van der Waals surface area contributed by atoms with Crippen LogP contribution in [0.1, 0.15) is 15.9 Å². The molecule has 0 radical (unpaired) electrons. The molecule has 0 aliphatic rings. The predicted molar refractivity (Wildman–Crippen MR) is 56.6 cm³/mol. The fourth-order valence-electron chi connectivity index (χ4n) is 1.62. The zero-order valence-electron chi connectivity index (χ0n) is 8.23. The zero-order valence-corrected chi connectivity index (χ0v) is 8.23. The number of hydrogen-bond acceptors (Lipinski definition) is 2. The van der Waals surface area contributed by atoms with Crippen LogP contribution in [0.25, 0.3) is 10.9 Å². The number of hydrogen-bond donors (Lipinski definition) is 3. The summed E-state index contributed by atoms with van der Waals surface area (Å²) in [6.45, 7) is 0. The van der Waals surface area contributed by atoms with Gasteiger partial charge in [0.15, 0.2) is 0 Å². The smallest absolute Gasteiger partial charge is 0.335 e. The number of benzene rings is 1. The number of rotatable bonds is 3. The Morgan fingerprint density at radius 3 is 2.62 bits per heavy atom. The van der Waals surface area contributed by atoms with Gasteiger partial charge in [-0.1, -0.05) is 0 Å². The Labute approximate surface area is 90.3 Å². The standard InChI is InChI=1S/C11H9NO4/c13-10(14)4-7-5-12-9-2-1-6(11(15)16)3-8(7)9/h1-3,5,12H,4H2,(H,13,14)(H,15,16). The van der Waals surface area contributed by atoms with E-state index >= 15 is 0 Å². The summed E-state index contributed by atoms with van der Waals surface area (Å²) in [4.78, 5) is 24.3. The van der Waals surface area contributed by atoms with Crippen LogP contribution in [0.5, 0.6) is 0 Å². The third kappa shape index (κ3) is 1.75. The summed E-state index contributed by atoms with van der Waals surface area (Å²) in [6, 6.07) is 4.59. The van der Waals surface area contributed by atoms with Gasteiger partial charge in [0.2, 0.25) is 0 Å². The lowest BCUT2D eigenvalue weighted by Gasteiger charge is -1.97. The molecule has 0 bridgehead atoms. The molecule has 0 spiro atoms. The Kier molecular flexibility index (Phi) is 2.36. The highest BCUT2D eigenvalue weighted by atomic mass is 16.4. The van der Waals surface area contributed by atoms with E-state index in [1.165, 1.54) is 12.1 Å². The van der Waals surface area contributed by atoms with Crippen molar-refractivity contribution >= 4 is 22.8 Å². The first-order valence-electron chi connectivity index (χ1n) is 4.63. The number of aromatic amines is 1. The number of carbonyl (C=O) groups is 2. The van der Waals surface area contributed by atoms with Crippen LogP contribution >= 0.6 is 0 Å². The largest absolute Gasteiger partial charge is 0.481 e. The maximum absolute atomic E-state index is 10.8. The molecule has 1 heterocycles. The average Bonchev–Trinajstić information content (AvgIpc) is 2.60. The number of aliphatic carboxylic acids is 1. The van der Waals surface area contributed by atoms with Gasteiger partial charge in [0.05, 0.1) is 12.0 Å². The van der Waals surface area contributed by atoms with Crippen LogP contribution in [0.3, 0.4) is 0 Å². The molecule has 82 valence electrons. The van der Waals surface area contributed by atoms with E-state index in [9.17, 15) is 9.59 Å². The zero-order chi connectivity index (χ0) is 11.7. The van der Waals surface area contributed by atoms with E-state index in [1.807, 2.05) is 0 Å². The molecule has 0 aliphatic heterocycles. The molecule has 3 N–H and O–H groups in total. The van der Waals surface area contributed by atoms with Gasteiger partial charge < -0.3 is 15.2 Å². The molecule has 2 rings (SSSR count). The normalized spacial score (nSPS) is 10.5. The predicted octanol–water partition coefficient (Wildman–Crippen LogP) is 1.49. The SMILES string of the molecule is O=C(O)Cc1c[nH]c2ccc(C(=O)O)cc12. The third-order valence-electron chi connectivity index (χ3n) is 2.36. The molecular formula is C11H9NO4. The highest BCUT2D eigenvalue weighted by molar-refractivity contribution is 5.95.